The molecule has 5 nitrogen and oxygen atoms in total. The lowest BCUT2D eigenvalue weighted by Gasteiger charge is -2.18. The van der Waals surface area contributed by atoms with E-state index >= 15 is 0 Å². The van der Waals surface area contributed by atoms with Crippen LogP contribution in [-0.2, 0) is 9.59 Å². The van der Waals surface area contributed by atoms with E-state index in [0.717, 1.165) is 12.5 Å². The summed E-state index contributed by atoms with van der Waals surface area (Å²) in [4.78, 5) is 20.3. The zero-order valence-electron chi connectivity index (χ0n) is 11.2. The SMILES string of the molecule is NC(=O)CCCCC(N)=O.NCC1CCCCC1. The van der Waals surface area contributed by atoms with Crippen LogP contribution in [0, 0.1) is 5.92 Å². The zero-order valence-corrected chi connectivity index (χ0v) is 11.2. The molecule has 1 aliphatic rings. The van der Waals surface area contributed by atoms with Crippen LogP contribution in [0.4, 0.5) is 0 Å². The maximum absolute atomic E-state index is 10.2. The number of primary amides is 2. The third-order valence-electron chi connectivity index (χ3n) is 3.15. The Morgan fingerprint density at radius 1 is 0.889 bits per heavy atom. The van der Waals surface area contributed by atoms with E-state index in [2.05, 4.69) is 0 Å². The summed E-state index contributed by atoms with van der Waals surface area (Å²) in [5.41, 5.74) is 15.2. The van der Waals surface area contributed by atoms with Crippen molar-refractivity contribution in [3.63, 3.8) is 0 Å². The van der Waals surface area contributed by atoms with Gasteiger partial charge in [0.1, 0.15) is 0 Å². The van der Waals surface area contributed by atoms with Crippen LogP contribution >= 0.6 is 0 Å². The van der Waals surface area contributed by atoms with Gasteiger partial charge < -0.3 is 17.2 Å². The molecule has 0 aromatic heterocycles. The Morgan fingerprint density at radius 2 is 1.33 bits per heavy atom. The van der Waals surface area contributed by atoms with E-state index in [9.17, 15) is 9.59 Å². The highest BCUT2D eigenvalue weighted by molar-refractivity contribution is 5.74. The van der Waals surface area contributed by atoms with Crippen LogP contribution in [0.1, 0.15) is 57.8 Å². The molecular formula is C13H27N3O2. The van der Waals surface area contributed by atoms with Gasteiger partial charge in [-0.2, -0.15) is 0 Å². The molecule has 0 aromatic carbocycles. The van der Waals surface area contributed by atoms with Crippen LogP contribution in [0.5, 0.6) is 0 Å². The fourth-order valence-electron chi connectivity index (χ4n) is 2.02. The number of unbranched alkanes of at least 4 members (excludes halogenated alkanes) is 1. The number of amides is 2. The van der Waals surface area contributed by atoms with Gasteiger partial charge in [-0.25, -0.2) is 0 Å². The van der Waals surface area contributed by atoms with E-state index in [1.54, 1.807) is 0 Å². The molecule has 6 N–H and O–H groups in total. The van der Waals surface area contributed by atoms with Crippen molar-refractivity contribution in [3.8, 4) is 0 Å². The number of hydrogen-bond acceptors (Lipinski definition) is 3. The molecule has 2 amide bonds. The van der Waals surface area contributed by atoms with Gasteiger partial charge in [0.15, 0.2) is 0 Å². The summed E-state index contributed by atoms with van der Waals surface area (Å²) < 4.78 is 0. The van der Waals surface area contributed by atoms with Crippen molar-refractivity contribution in [3.05, 3.63) is 0 Å². The maximum atomic E-state index is 10.2. The van der Waals surface area contributed by atoms with E-state index < -0.39 is 0 Å². The first-order chi connectivity index (χ1) is 8.56. The average Bonchev–Trinajstić information content (AvgIpc) is 2.36. The smallest absolute Gasteiger partial charge is 0.217 e. The van der Waals surface area contributed by atoms with Crippen LogP contribution in [0.3, 0.4) is 0 Å². The standard InChI is InChI=1S/C7H15N.C6H12N2O2/c8-6-7-4-2-1-3-5-7;7-5(9)3-1-2-4-6(8)10/h7H,1-6,8H2;1-4H2,(H2,7,9)(H2,8,10). The quantitative estimate of drug-likeness (QED) is 0.618. The minimum atomic E-state index is -0.329. The van der Waals surface area contributed by atoms with Gasteiger partial charge >= 0.3 is 0 Å². The predicted molar refractivity (Wildman–Crippen MR) is 72.5 cm³/mol. The van der Waals surface area contributed by atoms with Gasteiger partial charge in [0.2, 0.25) is 11.8 Å². The molecule has 106 valence electrons. The third-order valence-corrected chi connectivity index (χ3v) is 3.15. The summed E-state index contributed by atoms with van der Waals surface area (Å²) >= 11 is 0. The number of nitrogens with two attached hydrogens (primary N) is 3. The Bertz CT molecular complexity index is 222. The zero-order chi connectivity index (χ0) is 13.8. The number of carbonyl (C=O) groups excluding carboxylic acids is 2. The van der Waals surface area contributed by atoms with Crippen LogP contribution in [0.15, 0.2) is 0 Å². The maximum Gasteiger partial charge on any atom is 0.217 e. The van der Waals surface area contributed by atoms with Crippen molar-refractivity contribution in [2.24, 2.45) is 23.1 Å². The van der Waals surface area contributed by atoms with Crippen molar-refractivity contribution < 1.29 is 9.59 Å². The van der Waals surface area contributed by atoms with Crippen molar-refractivity contribution in [1.82, 2.24) is 0 Å². The third kappa shape index (κ3) is 11.4. The summed E-state index contributed by atoms with van der Waals surface area (Å²) in [6.45, 7) is 0.917. The molecule has 1 rings (SSSR count). The number of hydrogen-bond donors (Lipinski definition) is 3. The summed E-state index contributed by atoms with van der Waals surface area (Å²) in [6.07, 6.45) is 9.03. The largest absolute Gasteiger partial charge is 0.370 e. The fraction of sp³-hybridized carbons (Fsp3) is 0.846. The fourth-order valence-corrected chi connectivity index (χ4v) is 2.02. The van der Waals surface area contributed by atoms with Gasteiger partial charge in [-0.15, -0.1) is 0 Å². The van der Waals surface area contributed by atoms with E-state index in [1.807, 2.05) is 0 Å². The highest BCUT2D eigenvalue weighted by atomic mass is 16.1. The van der Waals surface area contributed by atoms with Crippen molar-refractivity contribution in [2.45, 2.75) is 57.8 Å². The van der Waals surface area contributed by atoms with Gasteiger partial charge in [-0.3, -0.25) is 9.59 Å². The molecule has 0 aliphatic heterocycles. The lowest BCUT2D eigenvalue weighted by atomic mass is 9.90. The lowest BCUT2D eigenvalue weighted by molar-refractivity contribution is -0.119. The molecule has 18 heavy (non-hydrogen) atoms. The Balaban J connectivity index is 0.000000327. The average molecular weight is 257 g/mol. The Morgan fingerprint density at radius 3 is 1.61 bits per heavy atom. The van der Waals surface area contributed by atoms with Crippen LogP contribution in [0.25, 0.3) is 0 Å². The second-order valence-electron chi connectivity index (χ2n) is 4.88. The van der Waals surface area contributed by atoms with Gasteiger partial charge in [-0.05, 0) is 38.1 Å². The van der Waals surface area contributed by atoms with Crippen molar-refractivity contribution >= 4 is 11.8 Å². The van der Waals surface area contributed by atoms with Gasteiger partial charge in [0.05, 0.1) is 0 Å². The predicted octanol–water partition coefficient (Wildman–Crippen LogP) is 1.04. The lowest BCUT2D eigenvalue weighted by Crippen LogP contribution is -2.16. The molecule has 5 heteroatoms. The van der Waals surface area contributed by atoms with Gasteiger partial charge in [0, 0.05) is 12.8 Å². The summed E-state index contributed by atoms with van der Waals surface area (Å²) in [5, 5.41) is 0. The molecule has 0 saturated heterocycles. The Labute approximate surface area is 109 Å². The van der Waals surface area contributed by atoms with Crippen LogP contribution in [-0.4, -0.2) is 18.4 Å². The van der Waals surface area contributed by atoms with Gasteiger partial charge in [-0.1, -0.05) is 19.3 Å². The van der Waals surface area contributed by atoms with E-state index in [0.29, 0.717) is 25.7 Å². The number of rotatable bonds is 6. The first kappa shape index (κ1) is 16.9. The molecule has 0 spiro atoms. The summed E-state index contributed by atoms with van der Waals surface area (Å²) in [7, 11) is 0. The van der Waals surface area contributed by atoms with Gasteiger partial charge in [0.25, 0.3) is 0 Å². The second kappa shape index (κ2) is 11.0. The summed E-state index contributed by atoms with van der Waals surface area (Å²) in [5.74, 6) is 0.206. The molecule has 1 fully saturated rings. The highest BCUT2D eigenvalue weighted by Gasteiger charge is 2.09. The Hall–Kier alpha value is -1.10. The summed E-state index contributed by atoms with van der Waals surface area (Å²) in [6, 6.07) is 0. The molecule has 1 aliphatic carbocycles. The first-order valence-electron chi connectivity index (χ1n) is 6.83. The topological polar surface area (TPSA) is 112 Å². The van der Waals surface area contributed by atoms with E-state index in [4.69, 9.17) is 17.2 Å². The molecule has 0 heterocycles. The molecule has 0 atom stereocenters. The molecule has 0 unspecified atom stereocenters. The molecular weight excluding hydrogens is 230 g/mol. The first-order valence-corrected chi connectivity index (χ1v) is 6.83. The minimum Gasteiger partial charge on any atom is -0.370 e. The monoisotopic (exact) mass is 257 g/mol. The van der Waals surface area contributed by atoms with E-state index in [1.165, 1.54) is 32.1 Å². The molecule has 0 aromatic rings. The van der Waals surface area contributed by atoms with Crippen LogP contribution in [0.2, 0.25) is 0 Å². The van der Waals surface area contributed by atoms with Crippen molar-refractivity contribution in [1.29, 1.82) is 0 Å². The molecule has 1 saturated carbocycles. The second-order valence-corrected chi connectivity index (χ2v) is 4.88. The normalized spacial score (nSPS) is 15.6. The minimum absolute atomic E-state index is 0.329. The number of carbonyl (C=O) groups is 2. The van der Waals surface area contributed by atoms with E-state index in [-0.39, 0.29) is 11.8 Å². The van der Waals surface area contributed by atoms with Crippen molar-refractivity contribution in [2.75, 3.05) is 6.54 Å². The van der Waals surface area contributed by atoms with Crippen LogP contribution < -0.4 is 17.2 Å². The Kier molecular flexibility index (Phi) is 10.3. The highest BCUT2D eigenvalue weighted by Crippen LogP contribution is 2.21. The molecule has 0 bridgehead atoms. The molecule has 0 radical (unpaired) electrons.